The highest BCUT2D eigenvalue weighted by molar-refractivity contribution is 5.73. The van der Waals surface area contributed by atoms with E-state index in [-0.39, 0.29) is 5.91 Å². The maximum atomic E-state index is 10.5. The number of nitrogens with one attached hydrogen (secondary N) is 1. The van der Waals surface area contributed by atoms with Gasteiger partial charge in [0.25, 0.3) is 0 Å². The van der Waals surface area contributed by atoms with Crippen LogP contribution in [0.5, 0.6) is 0 Å². The number of carbonyl (C=O) groups excluding carboxylic acids is 1. The zero-order chi connectivity index (χ0) is 9.68. The van der Waals surface area contributed by atoms with Crippen molar-refractivity contribution in [2.24, 2.45) is 7.05 Å². The summed E-state index contributed by atoms with van der Waals surface area (Å²) in [6.45, 7) is 1.83. The number of hydrogen-bond donors (Lipinski definition) is 1. The summed E-state index contributed by atoms with van der Waals surface area (Å²) in [5, 5.41) is 2.58. The second-order valence-corrected chi connectivity index (χ2v) is 2.64. The Morgan fingerprint density at radius 3 is 3.08 bits per heavy atom. The maximum Gasteiger partial charge on any atom is 0.217 e. The van der Waals surface area contributed by atoms with Gasteiger partial charge in [-0.1, -0.05) is 5.92 Å². The molecule has 0 fully saturated rings. The molecule has 0 aliphatic carbocycles. The van der Waals surface area contributed by atoms with Crippen molar-refractivity contribution < 1.29 is 4.79 Å². The SMILES string of the molecule is CC(=O)NCC#Cc1cn(C)cn1. The molecule has 1 aromatic heterocycles. The number of rotatable bonds is 1. The van der Waals surface area contributed by atoms with Gasteiger partial charge < -0.3 is 9.88 Å². The summed E-state index contributed by atoms with van der Waals surface area (Å²) in [5.74, 6) is 5.54. The van der Waals surface area contributed by atoms with Gasteiger partial charge in [-0.15, -0.1) is 0 Å². The Hall–Kier alpha value is -1.76. The normalized spacial score (nSPS) is 8.77. The van der Waals surface area contributed by atoms with Crippen LogP contribution in [0.2, 0.25) is 0 Å². The molecule has 1 aromatic rings. The lowest BCUT2D eigenvalue weighted by Crippen LogP contribution is -2.19. The molecule has 1 amide bonds. The first-order chi connectivity index (χ1) is 6.18. The van der Waals surface area contributed by atoms with Gasteiger partial charge in [0.2, 0.25) is 5.91 Å². The number of amides is 1. The van der Waals surface area contributed by atoms with Crippen molar-refractivity contribution in [1.29, 1.82) is 0 Å². The highest BCUT2D eigenvalue weighted by Crippen LogP contribution is 1.89. The largest absolute Gasteiger partial charge is 0.345 e. The van der Waals surface area contributed by atoms with E-state index >= 15 is 0 Å². The van der Waals surface area contributed by atoms with Crippen LogP contribution in [0, 0.1) is 11.8 Å². The van der Waals surface area contributed by atoms with Crippen molar-refractivity contribution in [1.82, 2.24) is 14.9 Å². The first kappa shape index (κ1) is 9.33. The summed E-state index contributed by atoms with van der Waals surface area (Å²) >= 11 is 0. The molecule has 13 heavy (non-hydrogen) atoms. The van der Waals surface area contributed by atoms with Gasteiger partial charge in [0.15, 0.2) is 0 Å². The number of hydrogen-bond acceptors (Lipinski definition) is 2. The molecule has 1 rings (SSSR count). The van der Waals surface area contributed by atoms with Crippen LogP contribution in [0.3, 0.4) is 0 Å². The van der Waals surface area contributed by atoms with E-state index in [2.05, 4.69) is 22.1 Å². The van der Waals surface area contributed by atoms with Crippen LogP contribution < -0.4 is 5.32 Å². The van der Waals surface area contributed by atoms with E-state index in [1.807, 2.05) is 17.8 Å². The minimum Gasteiger partial charge on any atom is -0.345 e. The van der Waals surface area contributed by atoms with E-state index in [4.69, 9.17) is 0 Å². The molecule has 0 bridgehead atoms. The molecule has 0 saturated heterocycles. The monoisotopic (exact) mass is 177 g/mol. The molecule has 0 radical (unpaired) electrons. The topological polar surface area (TPSA) is 46.9 Å². The zero-order valence-electron chi connectivity index (χ0n) is 7.66. The van der Waals surface area contributed by atoms with E-state index in [1.165, 1.54) is 6.92 Å². The molecule has 0 aliphatic rings. The zero-order valence-corrected chi connectivity index (χ0v) is 7.66. The van der Waals surface area contributed by atoms with E-state index in [1.54, 1.807) is 6.33 Å². The highest BCUT2D eigenvalue weighted by atomic mass is 16.1. The van der Waals surface area contributed by atoms with Gasteiger partial charge >= 0.3 is 0 Å². The molecule has 4 heteroatoms. The summed E-state index contributed by atoms with van der Waals surface area (Å²) < 4.78 is 1.82. The molecule has 0 saturated carbocycles. The van der Waals surface area contributed by atoms with Crippen molar-refractivity contribution in [3.05, 3.63) is 18.2 Å². The van der Waals surface area contributed by atoms with Crippen LogP contribution in [-0.4, -0.2) is 22.0 Å². The van der Waals surface area contributed by atoms with Crippen molar-refractivity contribution in [2.45, 2.75) is 6.92 Å². The molecule has 4 nitrogen and oxygen atoms in total. The quantitative estimate of drug-likeness (QED) is 0.609. The van der Waals surface area contributed by atoms with Crippen LogP contribution in [0.25, 0.3) is 0 Å². The molecular formula is C9H11N3O. The lowest BCUT2D eigenvalue weighted by molar-refractivity contribution is -0.118. The fourth-order valence-corrected chi connectivity index (χ4v) is 0.781. The van der Waals surface area contributed by atoms with E-state index in [9.17, 15) is 4.79 Å². The smallest absolute Gasteiger partial charge is 0.217 e. The number of nitrogens with zero attached hydrogens (tertiary/aromatic N) is 2. The van der Waals surface area contributed by atoms with Crippen LogP contribution in [0.1, 0.15) is 12.6 Å². The molecule has 0 aromatic carbocycles. The average molecular weight is 177 g/mol. The highest BCUT2D eigenvalue weighted by Gasteiger charge is 1.88. The van der Waals surface area contributed by atoms with Crippen LogP contribution in [0.15, 0.2) is 12.5 Å². The third-order valence-corrected chi connectivity index (χ3v) is 1.35. The minimum atomic E-state index is -0.0738. The third kappa shape index (κ3) is 3.43. The Morgan fingerprint density at radius 2 is 2.54 bits per heavy atom. The van der Waals surface area contributed by atoms with Gasteiger partial charge in [0.05, 0.1) is 12.9 Å². The molecule has 1 N–H and O–H groups in total. The van der Waals surface area contributed by atoms with Gasteiger partial charge in [-0.25, -0.2) is 4.98 Å². The minimum absolute atomic E-state index is 0.0738. The number of aromatic nitrogens is 2. The fourth-order valence-electron chi connectivity index (χ4n) is 0.781. The van der Waals surface area contributed by atoms with Crippen molar-refractivity contribution >= 4 is 5.91 Å². The van der Waals surface area contributed by atoms with Crippen molar-refractivity contribution in [3.63, 3.8) is 0 Å². The maximum absolute atomic E-state index is 10.5. The Bertz CT molecular complexity index is 356. The van der Waals surface area contributed by atoms with Crippen molar-refractivity contribution in [2.75, 3.05) is 6.54 Å². The Balaban J connectivity index is 2.44. The van der Waals surface area contributed by atoms with E-state index in [0.717, 1.165) is 0 Å². The summed E-state index contributed by atoms with van der Waals surface area (Å²) in [6.07, 6.45) is 3.50. The fraction of sp³-hybridized carbons (Fsp3) is 0.333. The van der Waals surface area contributed by atoms with Crippen LogP contribution in [0.4, 0.5) is 0 Å². The lowest BCUT2D eigenvalue weighted by Gasteiger charge is -1.90. The Kier molecular flexibility index (Phi) is 3.09. The van der Waals surface area contributed by atoms with E-state index in [0.29, 0.717) is 12.2 Å². The molecule has 0 aliphatic heterocycles. The van der Waals surface area contributed by atoms with Gasteiger partial charge in [-0.2, -0.15) is 0 Å². The second-order valence-electron chi connectivity index (χ2n) is 2.64. The molecule has 0 atom stereocenters. The third-order valence-electron chi connectivity index (χ3n) is 1.35. The first-order valence-corrected chi connectivity index (χ1v) is 3.90. The standard InChI is InChI=1S/C9H11N3O/c1-8(13)10-5-3-4-9-6-12(2)7-11-9/h6-7H,5H2,1-2H3,(H,10,13). The first-order valence-electron chi connectivity index (χ1n) is 3.90. The molecule has 1 heterocycles. The lowest BCUT2D eigenvalue weighted by atomic mass is 10.4. The summed E-state index contributed by atoms with van der Waals surface area (Å²) in [6, 6.07) is 0. The van der Waals surface area contributed by atoms with Crippen molar-refractivity contribution in [3.8, 4) is 11.8 Å². The van der Waals surface area contributed by atoms with Gasteiger partial charge in [-0.05, 0) is 5.92 Å². The predicted octanol–water partition coefficient (Wildman–Crippen LogP) is -0.0923. The van der Waals surface area contributed by atoms with Crippen LogP contribution >= 0.6 is 0 Å². The Labute approximate surface area is 77.0 Å². The second kappa shape index (κ2) is 4.31. The van der Waals surface area contributed by atoms with Gasteiger partial charge in [0.1, 0.15) is 5.69 Å². The average Bonchev–Trinajstić information content (AvgIpc) is 2.45. The molecule has 0 unspecified atom stereocenters. The van der Waals surface area contributed by atoms with Gasteiger partial charge in [0, 0.05) is 20.2 Å². The Morgan fingerprint density at radius 1 is 1.77 bits per heavy atom. The number of aryl methyl sites for hydroxylation is 1. The predicted molar refractivity (Wildman–Crippen MR) is 48.8 cm³/mol. The summed E-state index contributed by atoms with van der Waals surface area (Å²) in [5.41, 5.74) is 0.716. The van der Waals surface area contributed by atoms with Crippen LogP contribution in [-0.2, 0) is 11.8 Å². The molecule has 0 spiro atoms. The molecular weight excluding hydrogens is 166 g/mol. The van der Waals surface area contributed by atoms with E-state index < -0.39 is 0 Å². The number of carbonyl (C=O) groups is 1. The number of imidazole rings is 1. The summed E-state index contributed by atoms with van der Waals surface area (Å²) in [4.78, 5) is 14.5. The van der Waals surface area contributed by atoms with Gasteiger partial charge in [-0.3, -0.25) is 4.79 Å². The summed E-state index contributed by atoms with van der Waals surface area (Å²) in [7, 11) is 1.88. The molecule has 68 valence electrons.